The van der Waals surface area contributed by atoms with E-state index in [4.69, 9.17) is 23.7 Å². The maximum Gasteiger partial charge on any atom is 0.336 e. The number of aromatic nitrogens is 2. The predicted octanol–water partition coefficient (Wildman–Crippen LogP) is 5.59. The van der Waals surface area contributed by atoms with Crippen LogP contribution in [0.3, 0.4) is 0 Å². The Labute approximate surface area is 266 Å². The Morgan fingerprint density at radius 1 is 0.870 bits per heavy atom. The minimum absolute atomic E-state index is 0.155. The van der Waals surface area contributed by atoms with Crippen LogP contribution >= 0.6 is 0 Å². The smallest absolute Gasteiger partial charge is 0.336 e. The molecule has 0 aliphatic carbocycles. The number of dihydropyridines is 1. The molecule has 1 aliphatic heterocycles. The van der Waals surface area contributed by atoms with E-state index >= 15 is 0 Å². The number of hydrogen-bond donors (Lipinski definition) is 2. The van der Waals surface area contributed by atoms with Crippen LogP contribution in [-0.2, 0) is 19.1 Å². The number of nitro benzene ring substituents is 1. The third-order valence-corrected chi connectivity index (χ3v) is 7.57. The Morgan fingerprint density at radius 3 is 2.24 bits per heavy atom. The third-order valence-electron chi connectivity index (χ3n) is 7.57. The number of hydrogen-bond acceptors (Lipinski definition) is 11. The van der Waals surface area contributed by atoms with Crippen molar-refractivity contribution in [2.24, 2.45) is 0 Å². The highest BCUT2D eigenvalue weighted by molar-refractivity contribution is 5.99. The molecule has 0 radical (unpaired) electrons. The zero-order valence-electron chi connectivity index (χ0n) is 26.5. The summed E-state index contributed by atoms with van der Waals surface area (Å²) in [6.07, 6.45) is 3.04. The minimum atomic E-state index is -0.896. The average molecular weight is 635 g/mol. The summed E-state index contributed by atoms with van der Waals surface area (Å²) in [6, 6.07) is 13.3. The number of unbranched alkanes of at least 4 members (excludes halogenated alkanes) is 3. The van der Waals surface area contributed by atoms with Gasteiger partial charge in [-0.25, -0.2) is 9.59 Å². The molecule has 244 valence electrons. The molecule has 2 heterocycles. The van der Waals surface area contributed by atoms with Crippen molar-refractivity contribution in [1.29, 1.82) is 0 Å². The second-order valence-corrected chi connectivity index (χ2v) is 10.6. The number of carbonyl (C=O) groups excluding carboxylic acids is 2. The van der Waals surface area contributed by atoms with Crippen LogP contribution in [0.4, 0.5) is 5.69 Å². The van der Waals surface area contributed by atoms with Gasteiger partial charge in [-0.2, -0.15) is 0 Å². The van der Waals surface area contributed by atoms with Gasteiger partial charge in [0, 0.05) is 35.2 Å². The van der Waals surface area contributed by atoms with Crippen LogP contribution in [-0.4, -0.2) is 61.6 Å². The van der Waals surface area contributed by atoms with Crippen LogP contribution in [0.1, 0.15) is 51.0 Å². The van der Waals surface area contributed by atoms with E-state index in [-0.39, 0.29) is 23.4 Å². The van der Waals surface area contributed by atoms with Gasteiger partial charge in [-0.05, 0) is 63.3 Å². The van der Waals surface area contributed by atoms with E-state index in [2.05, 4.69) is 15.5 Å². The number of nitrogens with zero attached hydrogens (tertiary/aromatic N) is 2. The molecule has 0 fully saturated rings. The van der Waals surface area contributed by atoms with Crippen LogP contribution in [0.15, 0.2) is 71.1 Å². The van der Waals surface area contributed by atoms with Crippen molar-refractivity contribution in [1.82, 2.24) is 15.5 Å². The summed E-state index contributed by atoms with van der Waals surface area (Å²) in [5.74, 6) is -0.411. The van der Waals surface area contributed by atoms with Gasteiger partial charge in [-0.3, -0.25) is 15.2 Å². The van der Waals surface area contributed by atoms with Gasteiger partial charge >= 0.3 is 11.9 Å². The Hall–Kier alpha value is -5.33. The molecule has 0 saturated heterocycles. The van der Waals surface area contributed by atoms with Crippen molar-refractivity contribution in [2.75, 3.05) is 34.5 Å². The summed E-state index contributed by atoms with van der Waals surface area (Å²) in [6.45, 7) is 4.03. The molecular formula is C33H38N4O9. The van der Waals surface area contributed by atoms with Crippen LogP contribution in [0.2, 0.25) is 0 Å². The maximum atomic E-state index is 13.4. The molecule has 0 bridgehead atoms. The van der Waals surface area contributed by atoms with E-state index in [1.165, 1.54) is 25.3 Å². The fourth-order valence-electron chi connectivity index (χ4n) is 5.30. The number of benzene rings is 2. The van der Waals surface area contributed by atoms with Gasteiger partial charge in [-0.15, -0.1) is 5.10 Å². The molecule has 13 nitrogen and oxygen atoms in total. The van der Waals surface area contributed by atoms with Gasteiger partial charge in [0.2, 0.25) is 5.88 Å². The molecule has 1 unspecified atom stereocenters. The van der Waals surface area contributed by atoms with Gasteiger partial charge in [0.15, 0.2) is 11.5 Å². The van der Waals surface area contributed by atoms with Crippen molar-refractivity contribution in [2.45, 2.75) is 45.4 Å². The number of rotatable bonds is 15. The maximum absolute atomic E-state index is 13.4. The lowest BCUT2D eigenvalue weighted by Crippen LogP contribution is -2.32. The number of aromatic amines is 1. The van der Waals surface area contributed by atoms with E-state index < -0.39 is 22.8 Å². The third kappa shape index (κ3) is 7.84. The summed E-state index contributed by atoms with van der Waals surface area (Å²) >= 11 is 0. The number of non-ortho nitro benzene ring substituents is 1. The molecule has 4 rings (SSSR count). The zero-order chi connectivity index (χ0) is 33.2. The van der Waals surface area contributed by atoms with Gasteiger partial charge in [-0.1, -0.05) is 12.1 Å². The number of nitrogens with one attached hydrogen (secondary N) is 2. The number of allylic oxidation sites excluding steroid dienone is 2. The first-order valence-corrected chi connectivity index (χ1v) is 14.8. The van der Waals surface area contributed by atoms with E-state index in [1.807, 2.05) is 24.3 Å². The first kappa shape index (κ1) is 33.6. The molecule has 3 aromatic rings. The molecule has 0 saturated carbocycles. The van der Waals surface area contributed by atoms with Gasteiger partial charge in [0.25, 0.3) is 5.69 Å². The van der Waals surface area contributed by atoms with E-state index in [0.29, 0.717) is 47.4 Å². The molecule has 46 heavy (non-hydrogen) atoms. The number of ether oxygens (including phenoxy) is 5. The molecule has 13 heteroatoms. The molecule has 1 atom stereocenters. The van der Waals surface area contributed by atoms with E-state index in [0.717, 1.165) is 30.5 Å². The molecule has 0 amide bonds. The Balaban J connectivity index is 1.28. The number of carbonyl (C=O) groups is 2. The first-order valence-electron chi connectivity index (χ1n) is 14.8. The first-order chi connectivity index (χ1) is 22.2. The SMILES string of the molecule is COC(=O)C1=C(C)NC(C)=C(C(=O)OCCCCCCOc2cc(-c3ccc(OC)c(OC)c3)[nH]n2)C1c1cccc([N+](=O)[O-])c1. The van der Waals surface area contributed by atoms with E-state index in [1.54, 1.807) is 34.1 Å². The summed E-state index contributed by atoms with van der Waals surface area (Å²) in [5.41, 5.74) is 3.30. The summed E-state index contributed by atoms with van der Waals surface area (Å²) in [5, 5.41) is 21.7. The number of nitro groups is 1. The molecule has 2 aromatic carbocycles. The minimum Gasteiger partial charge on any atom is -0.493 e. The molecular weight excluding hydrogens is 596 g/mol. The monoisotopic (exact) mass is 634 g/mol. The quantitative estimate of drug-likeness (QED) is 0.0926. The van der Waals surface area contributed by atoms with Crippen LogP contribution in [0, 0.1) is 10.1 Å². The fourth-order valence-corrected chi connectivity index (χ4v) is 5.30. The number of H-pyrrole nitrogens is 1. The fraction of sp³-hybridized carbons (Fsp3) is 0.364. The summed E-state index contributed by atoms with van der Waals surface area (Å²) in [7, 11) is 4.41. The van der Waals surface area contributed by atoms with Gasteiger partial charge in [0.1, 0.15) is 0 Å². The summed E-state index contributed by atoms with van der Waals surface area (Å²) < 4.78 is 27.1. The van der Waals surface area contributed by atoms with Crippen molar-refractivity contribution < 1.29 is 38.2 Å². The van der Waals surface area contributed by atoms with Crippen molar-refractivity contribution in [3.05, 3.63) is 86.7 Å². The van der Waals surface area contributed by atoms with Crippen LogP contribution < -0.4 is 19.5 Å². The van der Waals surface area contributed by atoms with Crippen LogP contribution in [0.5, 0.6) is 17.4 Å². The molecule has 2 N–H and O–H groups in total. The lowest BCUT2D eigenvalue weighted by Gasteiger charge is -2.30. The Bertz CT molecular complexity index is 1640. The van der Waals surface area contributed by atoms with Gasteiger partial charge in [0.05, 0.1) is 62.2 Å². The normalized spacial score (nSPS) is 14.4. The number of esters is 2. The lowest BCUT2D eigenvalue weighted by molar-refractivity contribution is -0.384. The number of methoxy groups -OCH3 is 3. The average Bonchev–Trinajstić information content (AvgIpc) is 3.53. The summed E-state index contributed by atoms with van der Waals surface area (Å²) in [4.78, 5) is 37.1. The predicted molar refractivity (Wildman–Crippen MR) is 168 cm³/mol. The second-order valence-electron chi connectivity index (χ2n) is 10.6. The Kier molecular flexibility index (Phi) is 11.4. The second kappa shape index (κ2) is 15.6. The van der Waals surface area contributed by atoms with Crippen molar-refractivity contribution in [3.8, 4) is 28.6 Å². The zero-order valence-corrected chi connectivity index (χ0v) is 26.5. The Morgan fingerprint density at radius 2 is 1.57 bits per heavy atom. The highest BCUT2D eigenvalue weighted by Gasteiger charge is 2.38. The van der Waals surface area contributed by atoms with Gasteiger partial charge < -0.3 is 29.0 Å². The lowest BCUT2D eigenvalue weighted by atomic mass is 9.80. The van der Waals surface area contributed by atoms with Crippen molar-refractivity contribution >= 4 is 17.6 Å². The molecule has 0 spiro atoms. The topological polar surface area (TPSA) is 164 Å². The molecule has 1 aliphatic rings. The largest absolute Gasteiger partial charge is 0.493 e. The standard InChI is InChI=1S/C33H38N4O9/c1-20-29(32(38)44-5)31(23-11-10-12-24(17-23)37(40)41)30(21(2)34-20)33(39)46-16-9-7-6-8-15-45-28-19-25(35-36-28)22-13-14-26(42-3)27(18-22)43-4/h10-14,17-19,31,34H,6-9,15-16H2,1-5H3,(H,35,36). The highest BCUT2D eigenvalue weighted by atomic mass is 16.6. The van der Waals surface area contributed by atoms with Crippen molar-refractivity contribution in [3.63, 3.8) is 0 Å². The highest BCUT2D eigenvalue weighted by Crippen LogP contribution is 2.40. The van der Waals surface area contributed by atoms with E-state index in [9.17, 15) is 19.7 Å². The molecule has 1 aromatic heterocycles. The van der Waals surface area contributed by atoms with Crippen LogP contribution in [0.25, 0.3) is 11.3 Å².